The highest BCUT2D eigenvalue weighted by Crippen LogP contribution is 2.47. The van der Waals surface area contributed by atoms with Gasteiger partial charge in [-0.15, -0.1) is 0 Å². The van der Waals surface area contributed by atoms with Crippen molar-refractivity contribution in [1.29, 1.82) is 0 Å². The van der Waals surface area contributed by atoms with Gasteiger partial charge in [-0.2, -0.15) is 0 Å². The standard InChI is InChI=1S/C15H13Cl2NO2S/c16-12-4-6-14(7-5-12)21(19,20)18-15(8-9-15)11-2-1-3-13(17)10-11/h1-7,10,18H,8-9H2. The fraction of sp³-hybridized carbons (Fsp3) is 0.200. The molecule has 2 aromatic carbocycles. The Morgan fingerprint density at radius 1 is 0.952 bits per heavy atom. The Labute approximate surface area is 133 Å². The Hall–Kier alpha value is -1.07. The largest absolute Gasteiger partial charge is 0.241 e. The molecule has 3 nitrogen and oxygen atoms in total. The van der Waals surface area contributed by atoms with Crippen LogP contribution in [0.15, 0.2) is 53.4 Å². The number of benzene rings is 2. The Morgan fingerprint density at radius 2 is 1.62 bits per heavy atom. The fourth-order valence-corrected chi connectivity index (χ4v) is 4.06. The molecule has 0 atom stereocenters. The van der Waals surface area contributed by atoms with Gasteiger partial charge in [0.2, 0.25) is 10.0 Å². The van der Waals surface area contributed by atoms with Crippen LogP contribution >= 0.6 is 23.2 Å². The SMILES string of the molecule is O=S(=O)(NC1(c2cccc(Cl)c2)CC1)c1ccc(Cl)cc1. The van der Waals surface area contributed by atoms with Gasteiger partial charge in [-0.3, -0.25) is 0 Å². The topological polar surface area (TPSA) is 46.2 Å². The summed E-state index contributed by atoms with van der Waals surface area (Å²) in [5, 5.41) is 1.11. The molecule has 0 aliphatic heterocycles. The zero-order chi connectivity index (χ0) is 15.1. The molecule has 1 aliphatic rings. The van der Waals surface area contributed by atoms with Crippen molar-refractivity contribution < 1.29 is 8.42 Å². The number of sulfonamides is 1. The molecular formula is C15H13Cl2NO2S. The summed E-state index contributed by atoms with van der Waals surface area (Å²) >= 11 is 11.8. The molecule has 0 amide bonds. The molecule has 1 saturated carbocycles. The smallest absolute Gasteiger partial charge is 0.207 e. The molecule has 0 unspecified atom stereocenters. The van der Waals surface area contributed by atoms with Crippen molar-refractivity contribution in [3.63, 3.8) is 0 Å². The molecular weight excluding hydrogens is 329 g/mol. The predicted octanol–water partition coefficient (Wildman–Crippen LogP) is 3.96. The molecule has 0 heterocycles. The molecule has 1 aliphatic carbocycles. The molecule has 0 spiro atoms. The van der Waals surface area contributed by atoms with Crippen LogP contribution < -0.4 is 4.72 Å². The number of hydrogen-bond donors (Lipinski definition) is 1. The van der Waals surface area contributed by atoms with Gasteiger partial charge in [-0.1, -0.05) is 35.3 Å². The van der Waals surface area contributed by atoms with Crippen molar-refractivity contribution in [2.75, 3.05) is 0 Å². The maximum atomic E-state index is 12.5. The van der Waals surface area contributed by atoms with E-state index in [1.807, 2.05) is 12.1 Å². The third-order valence-electron chi connectivity index (χ3n) is 3.58. The van der Waals surface area contributed by atoms with Crippen molar-refractivity contribution >= 4 is 33.2 Å². The minimum Gasteiger partial charge on any atom is -0.207 e. The van der Waals surface area contributed by atoms with Crippen LogP contribution in [0.25, 0.3) is 0 Å². The first-order valence-electron chi connectivity index (χ1n) is 6.47. The second-order valence-electron chi connectivity index (χ2n) is 5.15. The van der Waals surface area contributed by atoms with Gasteiger partial charge in [0.25, 0.3) is 0 Å². The normalized spacial score (nSPS) is 16.7. The van der Waals surface area contributed by atoms with Crippen LogP contribution in [0.2, 0.25) is 10.0 Å². The van der Waals surface area contributed by atoms with Crippen molar-refractivity contribution in [2.24, 2.45) is 0 Å². The van der Waals surface area contributed by atoms with Gasteiger partial charge in [0.15, 0.2) is 0 Å². The lowest BCUT2D eigenvalue weighted by molar-refractivity contribution is 0.552. The summed E-state index contributed by atoms with van der Waals surface area (Å²) in [5.41, 5.74) is 0.358. The molecule has 2 aromatic rings. The summed E-state index contributed by atoms with van der Waals surface area (Å²) in [5.74, 6) is 0. The zero-order valence-electron chi connectivity index (χ0n) is 11.0. The van der Waals surface area contributed by atoms with E-state index in [4.69, 9.17) is 23.2 Å². The Bertz CT molecular complexity index is 769. The molecule has 3 rings (SSSR count). The summed E-state index contributed by atoms with van der Waals surface area (Å²) in [4.78, 5) is 0.209. The quantitative estimate of drug-likeness (QED) is 0.914. The Balaban J connectivity index is 1.90. The van der Waals surface area contributed by atoms with Crippen LogP contribution in [-0.4, -0.2) is 8.42 Å². The highest BCUT2D eigenvalue weighted by Gasteiger charge is 2.47. The van der Waals surface area contributed by atoms with E-state index >= 15 is 0 Å². The molecule has 1 fully saturated rings. The Morgan fingerprint density at radius 3 is 2.19 bits per heavy atom. The summed E-state index contributed by atoms with van der Waals surface area (Å²) in [6.45, 7) is 0. The lowest BCUT2D eigenvalue weighted by Crippen LogP contribution is -2.34. The minimum absolute atomic E-state index is 0.209. The molecule has 110 valence electrons. The van der Waals surface area contributed by atoms with Crippen molar-refractivity contribution in [2.45, 2.75) is 23.3 Å². The monoisotopic (exact) mass is 341 g/mol. The molecule has 6 heteroatoms. The molecule has 0 bridgehead atoms. The van der Waals surface area contributed by atoms with E-state index < -0.39 is 15.6 Å². The van der Waals surface area contributed by atoms with Crippen LogP contribution in [0.3, 0.4) is 0 Å². The highest BCUT2D eigenvalue weighted by atomic mass is 35.5. The molecule has 21 heavy (non-hydrogen) atoms. The average Bonchev–Trinajstić information content (AvgIpc) is 3.19. The van der Waals surface area contributed by atoms with Crippen molar-refractivity contribution in [3.05, 3.63) is 64.1 Å². The molecule has 0 saturated heterocycles. The van der Waals surface area contributed by atoms with E-state index in [1.54, 1.807) is 24.3 Å². The van der Waals surface area contributed by atoms with Gasteiger partial charge in [0, 0.05) is 10.0 Å². The van der Waals surface area contributed by atoms with E-state index in [9.17, 15) is 8.42 Å². The third kappa shape index (κ3) is 3.09. The van der Waals surface area contributed by atoms with E-state index in [1.165, 1.54) is 12.1 Å². The van der Waals surface area contributed by atoms with Gasteiger partial charge in [0.1, 0.15) is 0 Å². The Kier molecular flexibility index (Phi) is 3.74. The first kappa shape index (κ1) is 14.9. The number of nitrogens with one attached hydrogen (secondary N) is 1. The van der Waals surface area contributed by atoms with Crippen molar-refractivity contribution in [3.8, 4) is 0 Å². The van der Waals surface area contributed by atoms with E-state index in [-0.39, 0.29) is 4.90 Å². The summed E-state index contributed by atoms with van der Waals surface area (Å²) in [7, 11) is -3.58. The van der Waals surface area contributed by atoms with Crippen LogP contribution in [0.5, 0.6) is 0 Å². The number of rotatable bonds is 4. The lowest BCUT2D eigenvalue weighted by Gasteiger charge is -2.18. The summed E-state index contributed by atoms with van der Waals surface area (Å²) in [6, 6.07) is 13.4. The number of halogens is 2. The van der Waals surface area contributed by atoms with Gasteiger partial charge < -0.3 is 0 Å². The van der Waals surface area contributed by atoms with Crippen LogP contribution in [0.1, 0.15) is 18.4 Å². The second-order valence-corrected chi connectivity index (χ2v) is 7.71. The van der Waals surface area contributed by atoms with Gasteiger partial charge in [-0.05, 0) is 54.8 Å². The second kappa shape index (κ2) is 5.29. The summed E-state index contributed by atoms with van der Waals surface area (Å²) < 4.78 is 27.7. The molecule has 0 radical (unpaired) electrons. The van der Waals surface area contributed by atoms with Gasteiger partial charge in [-0.25, -0.2) is 13.1 Å². The van der Waals surface area contributed by atoms with E-state index in [2.05, 4.69) is 4.72 Å². The minimum atomic E-state index is -3.58. The van der Waals surface area contributed by atoms with E-state index in [0.717, 1.165) is 18.4 Å². The van der Waals surface area contributed by atoms with Crippen LogP contribution in [-0.2, 0) is 15.6 Å². The van der Waals surface area contributed by atoms with Crippen LogP contribution in [0.4, 0.5) is 0 Å². The van der Waals surface area contributed by atoms with Gasteiger partial charge in [0.05, 0.1) is 10.4 Å². The molecule has 0 aromatic heterocycles. The summed E-state index contributed by atoms with van der Waals surface area (Å²) in [6.07, 6.45) is 1.53. The van der Waals surface area contributed by atoms with E-state index in [0.29, 0.717) is 10.0 Å². The zero-order valence-corrected chi connectivity index (χ0v) is 13.3. The fourth-order valence-electron chi connectivity index (χ4n) is 2.29. The lowest BCUT2D eigenvalue weighted by atomic mass is 10.1. The van der Waals surface area contributed by atoms with Crippen LogP contribution in [0, 0.1) is 0 Å². The maximum absolute atomic E-state index is 12.5. The third-order valence-corrected chi connectivity index (χ3v) is 5.62. The number of hydrogen-bond acceptors (Lipinski definition) is 2. The average molecular weight is 342 g/mol. The first-order chi connectivity index (χ1) is 9.91. The van der Waals surface area contributed by atoms with Gasteiger partial charge >= 0.3 is 0 Å². The predicted molar refractivity (Wildman–Crippen MR) is 84.1 cm³/mol. The maximum Gasteiger partial charge on any atom is 0.241 e. The molecule has 1 N–H and O–H groups in total. The first-order valence-corrected chi connectivity index (χ1v) is 8.71. The highest BCUT2D eigenvalue weighted by molar-refractivity contribution is 7.89. The van der Waals surface area contributed by atoms with Crippen molar-refractivity contribution in [1.82, 2.24) is 4.72 Å².